The molecule has 0 aliphatic carbocycles. The predicted molar refractivity (Wildman–Crippen MR) is 111 cm³/mol. The number of carboxylic acids is 1. The van der Waals surface area contributed by atoms with E-state index in [4.69, 9.17) is 18.6 Å². The Hall–Kier alpha value is -3.64. The first-order chi connectivity index (χ1) is 15.7. The van der Waals surface area contributed by atoms with Crippen LogP contribution in [-0.4, -0.2) is 69.3 Å². The van der Waals surface area contributed by atoms with Crippen molar-refractivity contribution in [2.75, 3.05) is 7.11 Å². The zero-order valence-electron chi connectivity index (χ0n) is 17.1. The molecule has 1 aliphatic rings. The number of aliphatic hydroxyl groups excluding tert-OH is 3. The van der Waals surface area contributed by atoms with Gasteiger partial charge in [-0.3, -0.25) is 4.79 Å². The summed E-state index contributed by atoms with van der Waals surface area (Å²) in [7, 11) is 1.30. The first kappa shape index (κ1) is 22.6. The number of carbonyl (C=O) groups is 1. The Morgan fingerprint density at radius 1 is 1.00 bits per heavy atom. The number of benzene rings is 2. The lowest BCUT2D eigenvalue weighted by atomic mass is 9.99. The van der Waals surface area contributed by atoms with Crippen LogP contribution < -0.4 is 14.9 Å². The summed E-state index contributed by atoms with van der Waals surface area (Å²) in [5.74, 6) is -1.54. The monoisotopic (exact) mass is 460 g/mol. The highest BCUT2D eigenvalue weighted by atomic mass is 16.7. The molecule has 0 spiro atoms. The maximum absolute atomic E-state index is 13.0. The molecule has 4 rings (SSSR count). The first-order valence-electron chi connectivity index (χ1n) is 9.73. The van der Waals surface area contributed by atoms with Gasteiger partial charge in [0.25, 0.3) is 0 Å². The summed E-state index contributed by atoms with van der Waals surface area (Å²) in [6, 6.07) is 8.61. The summed E-state index contributed by atoms with van der Waals surface area (Å²) in [5, 5.41) is 48.8. The van der Waals surface area contributed by atoms with Crippen LogP contribution in [0.25, 0.3) is 22.1 Å². The van der Waals surface area contributed by atoms with E-state index in [0.717, 1.165) is 0 Å². The van der Waals surface area contributed by atoms with Crippen molar-refractivity contribution in [1.29, 1.82) is 0 Å². The normalized spacial score (nSPS) is 25.0. The van der Waals surface area contributed by atoms with Crippen LogP contribution in [0.3, 0.4) is 0 Å². The van der Waals surface area contributed by atoms with Gasteiger partial charge >= 0.3 is 5.97 Å². The Morgan fingerprint density at radius 3 is 2.33 bits per heavy atom. The van der Waals surface area contributed by atoms with Crippen molar-refractivity contribution in [2.45, 2.75) is 30.7 Å². The Morgan fingerprint density at radius 2 is 1.70 bits per heavy atom. The predicted octanol–water partition coefficient (Wildman–Crippen LogP) is 0.445. The van der Waals surface area contributed by atoms with Gasteiger partial charge in [-0.25, -0.2) is 4.79 Å². The highest BCUT2D eigenvalue weighted by Gasteiger charge is 2.48. The van der Waals surface area contributed by atoms with Gasteiger partial charge in [-0.15, -0.1) is 0 Å². The van der Waals surface area contributed by atoms with Crippen molar-refractivity contribution in [3.63, 3.8) is 0 Å². The number of phenolic OH excluding ortho intramolecular Hbond substituents is 1. The van der Waals surface area contributed by atoms with E-state index in [9.17, 15) is 35.1 Å². The van der Waals surface area contributed by atoms with Gasteiger partial charge < -0.3 is 44.2 Å². The number of carboxylic acid groups (broad SMARTS) is 1. The quantitative estimate of drug-likeness (QED) is 0.357. The molecule has 2 heterocycles. The van der Waals surface area contributed by atoms with Gasteiger partial charge in [0.05, 0.1) is 18.1 Å². The molecule has 0 radical (unpaired) electrons. The number of phenols is 1. The molecule has 1 aromatic heterocycles. The SMILES string of the molecule is COc1cc2c(=O)c(-c3ccc(O)cc3)coc2cc1O[C@H]1O[C@H](C(=O)O)[C@@H](O)[C@H](O)[C@H]1O. The highest BCUT2D eigenvalue weighted by Crippen LogP contribution is 2.35. The van der Waals surface area contributed by atoms with E-state index in [2.05, 4.69) is 0 Å². The summed E-state index contributed by atoms with van der Waals surface area (Å²) < 4.78 is 21.5. The second kappa shape index (κ2) is 8.71. The van der Waals surface area contributed by atoms with E-state index in [1.807, 2.05) is 0 Å². The average Bonchev–Trinajstić information content (AvgIpc) is 2.80. The van der Waals surface area contributed by atoms with Crippen molar-refractivity contribution in [3.05, 3.63) is 52.9 Å². The van der Waals surface area contributed by atoms with E-state index in [1.165, 1.54) is 37.6 Å². The van der Waals surface area contributed by atoms with Crippen LogP contribution in [0.15, 0.2) is 51.9 Å². The van der Waals surface area contributed by atoms with Crippen molar-refractivity contribution in [2.24, 2.45) is 0 Å². The number of rotatable bonds is 5. The van der Waals surface area contributed by atoms with E-state index >= 15 is 0 Å². The Labute approximate surface area is 185 Å². The number of aliphatic hydroxyl groups is 3. The van der Waals surface area contributed by atoms with E-state index in [0.29, 0.717) is 5.56 Å². The highest BCUT2D eigenvalue weighted by molar-refractivity contribution is 5.84. The molecule has 3 aromatic rings. The number of methoxy groups -OCH3 is 1. The van der Waals surface area contributed by atoms with E-state index < -0.39 is 36.7 Å². The van der Waals surface area contributed by atoms with Gasteiger partial charge in [-0.05, 0) is 23.8 Å². The minimum absolute atomic E-state index is 0.0425. The molecule has 33 heavy (non-hydrogen) atoms. The number of hydrogen-bond donors (Lipinski definition) is 5. The molecule has 11 nitrogen and oxygen atoms in total. The fourth-order valence-electron chi connectivity index (χ4n) is 3.50. The lowest BCUT2D eigenvalue weighted by molar-refractivity contribution is -0.271. The van der Waals surface area contributed by atoms with Crippen LogP contribution in [0.4, 0.5) is 0 Å². The fraction of sp³-hybridized carbons (Fsp3) is 0.273. The van der Waals surface area contributed by atoms with Crippen LogP contribution >= 0.6 is 0 Å². The molecule has 1 fully saturated rings. The summed E-state index contributed by atoms with van der Waals surface area (Å²) in [6.45, 7) is 0. The van der Waals surface area contributed by atoms with Crippen LogP contribution in [0.5, 0.6) is 17.2 Å². The average molecular weight is 460 g/mol. The topological polar surface area (TPSA) is 176 Å². The molecule has 1 saturated heterocycles. The minimum Gasteiger partial charge on any atom is -0.508 e. The molecule has 0 bridgehead atoms. The largest absolute Gasteiger partial charge is 0.508 e. The third-order valence-electron chi connectivity index (χ3n) is 5.29. The number of fused-ring (bicyclic) bond motifs is 1. The maximum atomic E-state index is 13.0. The molecule has 11 heteroatoms. The fourth-order valence-corrected chi connectivity index (χ4v) is 3.50. The molecular formula is C22H20O11. The summed E-state index contributed by atoms with van der Waals surface area (Å²) in [4.78, 5) is 24.3. The number of ether oxygens (including phenoxy) is 3. The zero-order valence-corrected chi connectivity index (χ0v) is 17.1. The number of hydrogen-bond acceptors (Lipinski definition) is 10. The van der Waals surface area contributed by atoms with Crippen molar-refractivity contribution in [3.8, 4) is 28.4 Å². The Bertz CT molecular complexity index is 1230. The Balaban J connectivity index is 1.72. The zero-order chi connectivity index (χ0) is 23.9. The number of aromatic hydroxyl groups is 1. The van der Waals surface area contributed by atoms with Gasteiger partial charge in [-0.2, -0.15) is 0 Å². The van der Waals surface area contributed by atoms with Crippen molar-refractivity contribution in [1.82, 2.24) is 0 Å². The molecular weight excluding hydrogens is 440 g/mol. The third kappa shape index (κ3) is 4.10. The molecule has 5 N–H and O–H groups in total. The van der Waals surface area contributed by atoms with Crippen LogP contribution in [0.2, 0.25) is 0 Å². The second-order valence-electron chi connectivity index (χ2n) is 7.38. The molecule has 5 atom stereocenters. The smallest absolute Gasteiger partial charge is 0.335 e. The lowest BCUT2D eigenvalue weighted by Crippen LogP contribution is -2.61. The number of aliphatic carboxylic acids is 1. The molecule has 1 aliphatic heterocycles. The second-order valence-corrected chi connectivity index (χ2v) is 7.38. The van der Waals surface area contributed by atoms with Crippen molar-refractivity contribution >= 4 is 16.9 Å². The Kier molecular flexibility index (Phi) is 5.95. The van der Waals surface area contributed by atoms with Gasteiger partial charge in [-0.1, -0.05) is 12.1 Å². The molecule has 0 amide bonds. The molecule has 174 valence electrons. The van der Waals surface area contributed by atoms with Gasteiger partial charge in [0, 0.05) is 6.07 Å². The third-order valence-corrected chi connectivity index (χ3v) is 5.29. The van der Waals surface area contributed by atoms with E-state index in [-0.39, 0.29) is 39.2 Å². The molecule has 2 aromatic carbocycles. The minimum atomic E-state index is -1.87. The molecule has 0 unspecified atom stereocenters. The van der Waals surface area contributed by atoms with Crippen LogP contribution in [-0.2, 0) is 9.53 Å². The lowest BCUT2D eigenvalue weighted by Gasteiger charge is -2.38. The maximum Gasteiger partial charge on any atom is 0.335 e. The van der Waals surface area contributed by atoms with Crippen LogP contribution in [0.1, 0.15) is 0 Å². The standard InChI is InChI=1S/C22H20O11/c1-30-14-6-11-13(31-8-12(16(11)24)9-2-4-10(23)5-3-9)7-15(14)32-22-19(27)17(25)18(26)20(33-22)21(28)29/h2-8,17-20,22-23,25-27H,1H3,(H,28,29)/t17-,18-,19+,20-,22-/m0/s1. The summed E-state index contributed by atoms with van der Waals surface area (Å²) in [6.07, 6.45) is -7.77. The van der Waals surface area contributed by atoms with Crippen molar-refractivity contribution < 1.29 is 49.0 Å². The van der Waals surface area contributed by atoms with E-state index in [1.54, 1.807) is 12.1 Å². The first-order valence-corrected chi connectivity index (χ1v) is 9.73. The van der Waals surface area contributed by atoms with Gasteiger partial charge in [0.2, 0.25) is 11.7 Å². The van der Waals surface area contributed by atoms with Gasteiger partial charge in [0.1, 0.15) is 35.9 Å². The summed E-state index contributed by atoms with van der Waals surface area (Å²) in [5.41, 5.74) is 0.476. The molecule has 0 saturated carbocycles. The van der Waals surface area contributed by atoms with Gasteiger partial charge in [0.15, 0.2) is 17.6 Å². The summed E-state index contributed by atoms with van der Waals surface area (Å²) >= 11 is 0. The van der Waals surface area contributed by atoms with Crippen LogP contribution in [0, 0.1) is 0 Å².